The first-order valence-electron chi connectivity index (χ1n) is 5.55. The third-order valence-corrected chi connectivity index (χ3v) is 2.88. The standard InChI is InChI=1S/C14H13ClFNO/c15-12-6-5-10(7-13(12)16)9-18-14-4-2-1-3-11(14)8-17/h1-7H,8-9,17H2. The molecule has 0 spiro atoms. The molecule has 0 aromatic heterocycles. The van der Waals surface area contributed by atoms with Crippen molar-refractivity contribution in [1.29, 1.82) is 0 Å². The van der Waals surface area contributed by atoms with E-state index in [-0.39, 0.29) is 11.6 Å². The van der Waals surface area contributed by atoms with Gasteiger partial charge in [-0.1, -0.05) is 35.9 Å². The van der Waals surface area contributed by atoms with Gasteiger partial charge in [-0.05, 0) is 23.8 Å². The SMILES string of the molecule is NCc1ccccc1OCc1ccc(Cl)c(F)c1. The predicted octanol–water partition coefficient (Wildman–Crippen LogP) is 3.52. The van der Waals surface area contributed by atoms with Crippen molar-refractivity contribution >= 4 is 11.6 Å². The summed E-state index contributed by atoms with van der Waals surface area (Å²) in [5.74, 6) is 0.278. The molecule has 2 rings (SSSR count). The summed E-state index contributed by atoms with van der Waals surface area (Å²) < 4.78 is 18.9. The van der Waals surface area contributed by atoms with Gasteiger partial charge in [-0.3, -0.25) is 0 Å². The maximum absolute atomic E-state index is 13.2. The van der Waals surface area contributed by atoms with Crippen molar-refractivity contribution in [1.82, 2.24) is 0 Å². The fourth-order valence-electron chi connectivity index (χ4n) is 1.60. The Kier molecular flexibility index (Phi) is 4.18. The van der Waals surface area contributed by atoms with Gasteiger partial charge >= 0.3 is 0 Å². The first-order valence-corrected chi connectivity index (χ1v) is 5.93. The average molecular weight is 266 g/mol. The summed E-state index contributed by atoms with van der Waals surface area (Å²) in [6.45, 7) is 0.691. The second-order valence-electron chi connectivity index (χ2n) is 3.85. The van der Waals surface area contributed by atoms with Crippen LogP contribution in [0.25, 0.3) is 0 Å². The van der Waals surface area contributed by atoms with Crippen molar-refractivity contribution < 1.29 is 9.13 Å². The lowest BCUT2D eigenvalue weighted by atomic mass is 10.2. The lowest BCUT2D eigenvalue weighted by Gasteiger charge is -2.10. The molecule has 0 fully saturated rings. The molecule has 2 N–H and O–H groups in total. The number of nitrogens with two attached hydrogens (primary N) is 1. The first-order chi connectivity index (χ1) is 8.70. The lowest BCUT2D eigenvalue weighted by molar-refractivity contribution is 0.302. The molecule has 94 valence electrons. The van der Waals surface area contributed by atoms with Crippen LogP contribution in [0.2, 0.25) is 5.02 Å². The van der Waals surface area contributed by atoms with Crippen molar-refractivity contribution in [3.63, 3.8) is 0 Å². The quantitative estimate of drug-likeness (QED) is 0.918. The van der Waals surface area contributed by atoms with Crippen LogP contribution in [-0.2, 0) is 13.2 Å². The van der Waals surface area contributed by atoms with E-state index in [1.165, 1.54) is 12.1 Å². The van der Waals surface area contributed by atoms with Crippen LogP contribution in [0, 0.1) is 5.82 Å². The molecule has 0 heterocycles. The van der Waals surface area contributed by atoms with Gasteiger partial charge in [-0.2, -0.15) is 0 Å². The summed E-state index contributed by atoms with van der Waals surface area (Å²) in [7, 11) is 0. The number of rotatable bonds is 4. The smallest absolute Gasteiger partial charge is 0.142 e. The fraction of sp³-hybridized carbons (Fsp3) is 0.143. The van der Waals surface area contributed by atoms with Crippen molar-refractivity contribution in [3.05, 3.63) is 64.4 Å². The highest BCUT2D eigenvalue weighted by Gasteiger charge is 2.04. The first kappa shape index (κ1) is 12.9. The summed E-state index contributed by atoms with van der Waals surface area (Å²) in [6, 6.07) is 12.1. The number of halogens is 2. The van der Waals surface area contributed by atoms with E-state index in [2.05, 4.69) is 0 Å². The molecule has 0 radical (unpaired) electrons. The summed E-state index contributed by atoms with van der Waals surface area (Å²) in [4.78, 5) is 0. The molecule has 0 amide bonds. The highest BCUT2D eigenvalue weighted by molar-refractivity contribution is 6.30. The van der Waals surface area contributed by atoms with Crippen LogP contribution < -0.4 is 10.5 Å². The Morgan fingerprint density at radius 1 is 1.17 bits per heavy atom. The molecule has 2 aromatic rings. The van der Waals surface area contributed by atoms with Crippen molar-refractivity contribution in [2.75, 3.05) is 0 Å². The molecule has 0 saturated carbocycles. The maximum Gasteiger partial charge on any atom is 0.142 e. The second-order valence-corrected chi connectivity index (χ2v) is 4.26. The summed E-state index contributed by atoms with van der Waals surface area (Å²) in [5.41, 5.74) is 7.25. The summed E-state index contributed by atoms with van der Waals surface area (Å²) >= 11 is 5.61. The Morgan fingerprint density at radius 3 is 2.67 bits per heavy atom. The van der Waals surface area contributed by atoms with E-state index in [1.54, 1.807) is 6.07 Å². The van der Waals surface area contributed by atoms with Gasteiger partial charge in [0.25, 0.3) is 0 Å². The Balaban J connectivity index is 2.09. The molecule has 0 aliphatic rings. The van der Waals surface area contributed by atoms with E-state index in [4.69, 9.17) is 22.1 Å². The highest BCUT2D eigenvalue weighted by Crippen LogP contribution is 2.20. The van der Waals surface area contributed by atoms with Gasteiger partial charge in [0.2, 0.25) is 0 Å². The zero-order valence-electron chi connectivity index (χ0n) is 9.70. The molecular weight excluding hydrogens is 253 g/mol. The predicted molar refractivity (Wildman–Crippen MR) is 70.1 cm³/mol. The number of ether oxygens (including phenoxy) is 1. The van der Waals surface area contributed by atoms with Gasteiger partial charge in [0.15, 0.2) is 0 Å². The summed E-state index contributed by atoms with van der Waals surface area (Å²) in [6.07, 6.45) is 0. The summed E-state index contributed by atoms with van der Waals surface area (Å²) in [5, 5.41) is 0.112. The van der Waals surface area contributed by atoms with Gasteiger partial charge in [0, 0.05) is 12.1 Å². The Morgan fingerprint density at radius 2 is 1.94 bits per heavy atom. The molecule has 0 atom stereocenters. The van der Waals surface area contributed by atoms with Crippen LogP contribution >= 0.6 is 11.6 Å². The topological polar surface area (TPSA) is 35.2 Å². The van der Waals surface area contributed by atoms with Crippen LogP contribution in [-0.4, -0.2) is 0 Å². The van der Waals surface area contributed by atoms with Gasteiger partial charge in [0.1, 0.15) is 18.2 Å². The average Bonchev–Trinajstić information content (AvgIpc) is 2.40. The molecule has 0 bridgehead atoms. The molecule has 2 aromatic carbocycles. The molecule has 4 heteroatoms. The number of hydrogen-bond acceptors (Lipinski definition) is 2. The molecule has 0 aliphatic carbocycles. The zero-order valence-corrected chi connectivity index (χ0v) is 10.5. The fourth-order valence-corrected chi connectivity index (χ4v) is 1.72. The Bertz CT molecular complexity index is 545. The highest BCUT2D eigenvalue weighted by atomic mass is 35.5. The number of hydrogen-bond donors (Lipinski definition) is 1. The van der Waals surface area contributed by atoms with E-state index in [9.17, 15) is 4.39 Å². The molecule has 0 aliphatic heterocycles. The normalized spacial score (nSPS) is 10.4. The second kappa shape index (κ2) is 5.85. The van der Waals surface area contributed by atoms with Crippen molar-refractivity contribution in [2.24, 2.45) is 5.73 Å². The van der Waals surface area contributed by atoms with Crippen molar-refractivity contribution in [2.45, 2.75) is 13.2 Å². The van der Waals surface area contributed by atoms with Crippen LogP contribution in [0.5, 0.6) is 5.75 Å². The van der Waals surface area contributed by atoms with Crippen LogP contribution in [0.4, 0.5) is 4.39 Å². The molecule has 0 unspecified atom stereocenters. The van der Waals surface area contributed by atoms with Gasteiger partial charge in [-0.15, -0.1) is 0 Å². The van der Waals surface area contributed by atoms with Crippen LogP contribution in [0.3, 0.4) is 0 Å². The minimum Gasteiger partial charge on any atom is -0.489 e. The number of benzene rings is 2. The number of para-hydroxylation sites is 1. The minimum absolute atomic E-state index is 0.112. The van der Waals surface area contributed by atoms with Gasteiger partial charge in [0.05, 0.1) is 5.02 Å². The van der Waals surface area contributed by atoms with E-state index in [0.29, 0.717) is 6.54 Å². The van der Waals surface area contributed by atoms with Gasteiger partial charge < -0.3 is 10.5 Å². The molecule has 0 saturated heterocycles. The van der Waals surface area contributed by atoms with E-state index < -0.39 is 5.82 Å². The maximum atomic E-state index is 13.2. The van der Waals surface area contributed by atoms with Crippen LogP contribution in [0.1, 0.15) is 11.1 Å². The van der Waals surface area contributed by atoms with Gasteiger partial charge in [-0.25, -0.2) is 4.39 Å². The van der Waals surface area contributed by atoms with E-state index in [1.807, 2.05) is 24.3 Å². The molecule has 18 heavy (non-hydrogen) atoms. The molecular formula is C14H13ClFNO. The van der Waals surface area contributed by atoms with Crippen molar-refractivity contribution in [3.8, 4) is 5.75 Å². The lowest BCUT2D eigenvalue weighted by Crippen LogP contribution is -2.02. The zero-order chi connectivity index (χ0) is 13.0. The monoisotopic (exact) mass is 265 g/mol. The Labute approximate surface area is 110 Å². The molecule has 2 nitrogen and oxygen atoms in total. The minimum atomic E-state index is -0.440. The van der Waals surface area contributed by atoms with E-state index >= 15 is 0 Å². The third-order valence-electron chi connectivity index (χ3n) is 2.57. The third kappa shape index (κ3) is 3.00. The largest absolute Gasteiger partial charge is 0.489 e. The Hall–Kier alpha value is -1.58. The van der Waals surface area contributed by atoms with Crippen LogP contribution in [0.15, 0.2) is 42.5 Å². The van der Waals surface area contributed by atoms with E-state index in [0.717, 1.165) is 16.9 Å².